The molecule has 1 saturated heterocycles. The molecule has 1 unspecified atom stereocenters. The molecule has 3 aromatic carbocycles. The van der Waals surface area contributed by atoms with E-state index < -0.39 is 0 Å². The van der Waals surface area contributed by atoms with Crippen molar-refractivity contribution in [1.82, 2.24) is 24.5 Å². The largest absolute Gasteiger partial charge is 0.496 e. The predicted molar refractivity (Wildman–Crippen MR) is 144 cm³/mol. The van der Waals surface area contributed by atoms with Gasteiger partial charge in [0.15, 0.2) is 11.5 Å². The number of fused-ring (bicyclic) bond motifs is 3. The summed E-state index contributed by atoms with van der Waals surface area (Å²) in [4.78, 5) is 22.7. The summed E-state index contributed by atoms with van der Waals surface area (Å²) in [7, 11) is 1.59. The number of ether oxygens (including phenoxy) is 1. The molecule has 3 heterocycles. The lowest BCUT2D eigenvalue weighted by atomic mass is 10.1. The van der Waals surface area contributed by atoms with Gasteiger partial charge in [0.25, 0.3) is 5.91 Å². The van der Waals surface area contributed by atoms with Gasteiger partial charge in [-0.3, -0.25) is 4.79 Å². The number of anilines is 1. The van der Waals surface area contributed by atoms with Gasteiger partial charge < -0.3 is 14.5 Å². The number of hydrogen-bond donors (Lipinski definition) is 0. The Morgan fingerprint density at radius 2 is 1.78 bits per heavy atom. The Labute approximate surface area is 215 Å². The molecule has 0 aliphatic carbocycles. The third kappa shape index (κ3) is 3.94. The lowest BCUT2D eigenvalue weighted by Gasteiger charge is -2.40. The Morgan fingerprint density at radius 3 is 2.59 bits per heavy atom. The van der Waals surface area contributed by atoms with Gasteiger partial charge in [-0.1, -0.05) is 48.0 Å². The zero-order valence-electron chi connectivity index (χ0n) is 21.1. The summed E-state index contributed by atoms with van der Waals surface area (Å²) >= 11 is 0. The van der Waals surface area contributed by atoms with E-state index in [0.717, 1.165) is 39.4 Å². The van der Waals surface area contributed by atoms with E-state index >= 15 is 0 Å². The minimum Gasteiger partial charge on any atom is -0.496 e. The van der Waals surface area contributed by atoms with Gasteiger partial charge in [-0.25, -0.2) is 9.38 Å². The minimum atomic E-state index is -0.0339. The summed E-state index contributed by atoms with van der Waals surface area (Å²) in [5, 5.41) is 10.2. The number of para-hydroxylation sites is 2. The van der Waals surface area contributed by atoms with Gasteiger partial charge in [-0.05, 0) is 44.2 Å². The lowest BCUT2D eigenvalue weighted by Crippen LogP contribution is -2.54. The average Bonchev–Trinajstić information content (AvgIpc) is 3.38. The van der Waals surface area contributed by atoms with E-state index in [0.29, 0.717) is 30.9 Å². The van der Waals surface area contributed by atoms with Crippen LogP contribution in [0.1, 0.15) is 22.8 Å². The number of carbonyl (C=O) groups excluding carboxylic acids is 1. The van der Waals surface area contributed by atoms with Gasteiger partial charge in [0.05, 0.1) is 18.2 Å². The first-order valence-corrected chi connectivity index (χ1v) is 12.4. The van der Waals surface area contributed by atoms with Crippen molar-refractivity contribution in [3.8, 4) is 17.1 Å². The highest BCUT2D eigenvalue weighted by atomic mass is 16.5. The zero-order valence-corrected chi connectivity index (χ0v) is 21.1. The number of aromatic nitrogens is 4. The van der Waals surface area contributed by atoms with Crippen molar-refractivity contribution in [2.45, 2.75) is 19.9 Å². The summed E-state index contributed by atoms with van der Waals surface area (Å²) < 4.78 is 7.50. The molecular formula is C29H28N6O2. The number of carbonyl (C=O) groups is 1. The second kappa shape index (κ2) is 9.20. The van der Waals surface area contributed by atoms with Crippen LogP contribution >= 0.6 is 0 Å². The Balaban J connectivity index is 1.41. The van der Waals surface area contributed by atoms with Crippen LogP contribution in [0.15, 0.2) is 72.8 Å². The smallest absolute Gasteiger partial charge is 0.257 e. The van der Waals surface area contributed by atoms with Crippen molar-refractivity contribution < 1.29 is 9.53 Å². The molecule has 0 radical (unpaired) electrons. The average molecular weight is 493 g/mol. The number of piperazine rings is 1. The van der Waals surface area contributed by atoms with Crippen LogP contribution < -0.4 is 9.64 Å². The van der Waals surface area contributed by atoms with Crippen LogP contribution in [0.4, 0.5) is 5.95 Å². The van der Waals surface area contributed by atoms with Crippen molar-refractivity contribution in [3.05, 3.63) is 83.9 Å². The number of nitrogens with zero attached hydrogens (tertiary/aromatic N) is 6. The van der Waals surface area contributed by atoms with E-state index in [-0.39, 0.29) is 11.9 Å². The van der Waals surface area contributed by atoms with Gasteiger partial charge in [-0.2, -0.15) is 0 Å². The molecule has 6 rings (SSSR count). The highest BCUT2D eigenvalue weighted by molar-refractivity contribution is 5.97. The fraction of sp³-hybridized carbons (Fsp3) is 0.241. The summed E-state index contributed by atoms with van der Waals surface area (Å²) in [5.41, 5.74) is 4.37. The molecule has 0 saturated carbocycles. The number of rotatable bonds is 4. The molecule has 8 nitrogen and oxygen atoms in total. The maximum absolute atomic E-state index is 13.4. The maximum Gasteiger partial charge on any atom is 0.257 e. The highest BCUT2D eigenvalue weighted by Crippen LogP contribution is 2.30. The number of benzene rings is 3. The summed E-state index contributed by atoms with van der Waals surface area (Å²) in [6.07, 6.45) is 0. The molecule has 1 amide bonds. The van der Waals surface area contributed by atoms with Gasteiger partial charge >= 0.3 is 0 Å². The molecule has 1 aliphatic heterocycles. The molecule has 1 aliphatic rings. The van der Waals surface area contributed by atoms with Crippen molar-refractivity contribution in [2.75, 3.05) is 31.6 Å². The van der Waals surface area contributed by atoms with Crippen LogP contribution in [0.2, 0.25) is 0 Å². The second-order valence-electron chi connectivity index (χ2n) is 9.47. The molecule has 1 atom stereocenters. The maximum atomic E-state index is 13.4. The molecule has 186 valence electrons. The van der Waals surface area contributed by atoms with Crippen molar-refractivity contribution in [3.63, 3.8) is 0 Å². The fourth-order valence-corrected chi connectivity index (χ4v) is 5.17. The number of methoxy groups -OCH3 is 1. The van der Waals surface area contributed by atoms with Crippen LogP contribution in [0.3, 0.4) is 0 Å². The topological polar surface area (TPSA) is 75.9 Å². The van der Waals surface area contributed by atoms with E-state index in [1.807, 2.05) is 59.5 Å². The SMILES string of the molecule is COc1ccccc1C(=O)N1CCN(c2nc3ccccc3c3nnc(-c4cccc(C)c4)n23)CC1C. The predicted octanol–water partition coefficient (Wildman–Crippen LogP) is 4.61. The molecule has 0 spiro atoms. The van der Waals surface area contributed by atoms with Crippen LogP contribution in [0, 0.1) is 6.92 Å². The summed E-state index contributed by atoms with van der Waals surface area (Å²) in [5.74, 6) is 2.11. The molecule has 0 N–H and O–H groups in total. The fourth-order valence-electron chi connectivity index (χ4n) is 5.17. The Kier molecular flexibility index (Phi) is 5.71. The monoisotopic (exact) mass is 492 g/mol. The summed E-state index contributed by atoms with van der Waals surface area (Å²) in [6, 6.07) is 23.6. The molecule has 8 heteroatoms. The molecule has 0 bridgehead atoms. The van der Waals surface area contributed by atoms with Crippen LogP contribution in [0.25, 0.3) is 27.9 Å². The first-order chi connectivity index (χ1) is 18.0. The second-order valence-corrected chi connectivity index (χ2v) is 9.47. The third-order valence-corrected chi connectivity index (χ3v) is 7.01. The highest BCUT2D eigenvalue weighted by Gasteiger charge is 2.32. The van der Waals surface area contributed by atoms with Crippen molar-refractivity contribution in [2.24, 2.45) is 0 Å². The number of amides is 1. The standard InChI is InChI=1S/C29H28N6O2/c1-19-9-8-10-21(17-19)26-31-32-27-22-11-4-6-13-24(22)30-29(35(26)27)33-15-16-34(20(2)18-33)28(36)23-12-5-7-14-25(23)37-3/h4-14,17,20H,15-16,18H2,1-3H3. The van der Waals surface area contributed by atoms with Gasteiger partial charge in [-0.15, -0.1) is 10.2 Å². The quantitative estimate of drug-likeness (QED) is 0.365. The van der Waals surface area contributed by atoms with Crippen molar-refractivity contribution in [1.29, 1.82) is 0 Å². The van der Waals surface area contributed by atoms with Crippen LogP contribution in [-0.2, 0) is 0 Å². The molecule has 1 fully saturated rings. The Hall–Kier alpha value is -4.46. The molecule has 2 aromatic heterocycles. The van der Waals surface area contributed by atoms with Crippen LogP contribution in [-0.4, -0.2) is 63.2 Å². The normalized spacial score (nSPS) is 15.9. The molecular weight excluding hydrogens is 464 g/mol. The first kappa shape index (κ1) is 23.0. The van der Waals surface area contributed by atoms with E-state index in [4.69, 9.17) is 9.72 Å². The third-order valence-electron chi connectivity index (χ3n) is 7.01. The number of hydrogen-bond acceptors (Lipinski definition) is 6. The zero-order chi connectivity index (χ0) is 25.5. The molecule has 37 heavy (non-hydrogen) atoms. The lowest BCUT2D eigenvalue weighted by molar-refractivity contribution is 0.0669. The molecule has 5 aromatic rings. The summed E-state index contributed by atoms with van der Waals surface area (Å²) in [6.45, 7) is 5.98. The van der Waals surface area contributed by atoms with Crippen LogP contribution in [0.5, 0.6) is 5.75 Å². The Morgan fingerprint density at radius 1 is 0.973 bits per heavy atom. The van der Waals surface area contributed by atoms with Gasteiger partial charge in [0.2, 0.25) is 5.95 Å². The van der Waals surface area contributed by atoms with Gasteiger partial charge in [0.1, 0.15) is 5.75 Å². The Bertz CT molecular complexity index is 1630. The van der Waals surface area contributed by atoms with Gasteiger partial charge in [0, 0.05) is 36.6 Å². The van der Waals surface area contributed by atoms with Crippen molar-refractivity contribution >= 4 is 28.4 Å². The first-order valence-electron chi connectivity index (χ1n) is 12.4. The van der Waals surface area contributed by atoms with E-state index in [2.05, 4.69) is 51.5 Å². The van der Waals surface area contributed by atoms with E-state index in [1.165, 1.54) is 0 Å². The minimum absolute atomic E-state index is 0.0223. The van der Waals surface area contributed by atoms with E-state index in [9.17, 15) is 4.79 Å². The number of aryl methyl sites for hydroxylation is 1. The van der Waals surface area contributed by atoms with E-state index in [1.54, 1.807) is 7.11 Å².